The van der Waals surface area contributed by atoms with E-state index >= 15 is 0 Å². The maximum atomic E-state index is 10.6. The Labute approximate surface area is 88.5 Å². The molecule has 2 aromatic heterocycles. The van der Waals surface area contributed by atoms with E-state index in [0.717, 1.165) is 23.0 Å². The molecule has 0 radical (unpaired) electrons. The third-order valence-electron chi connectivity index (χ3n) is 2.39. The van der Waals surface area contributed by atoms with Gasteiger partial charge in [-0.3, -0.25) is 9.78 Å². The van der Waals surface area contributed by atoms with Gasteiger partial charge in [0.15, 0.2) is 6.29 Å². The van der Waals surface area contributed by atoms with E-state index in [0.29, 0.717) is 5.69 Å². The van der Waals surface area contributed by atoms with Crippen LogP contribution in [-0.4, -0.2) is 16.3 Å². The number of fused-ring (bicyclic) bond motifs is 1. The van der Waals surface area contributed by atoms with Gasteiger partial charge in [-0.05, 0) is 18.2 Å². The highest BCUT2D eigenvalue weighted by Gasteiger charge is 2.15. The molecule has 3 nitrogen and oxygen atoms in total. The van der Waals surface area contributed by atoms with Crippen LogP contribution in [0.5, 0.6) is 0 Å². The highest BCUT2D eigenvalue weighted by Crippen LogP contribution is 2.22. The molecular formula is C12H14N2O. The zero-order valence-electron chi connectivity index (χ0n) is 9.16. The average Bonchev–Trinajstić information content (AvgIpc) is 2.57. The lowest BCUT2D eigenvalue weighted by Gasteiger charge is -2.17. The van der Waals surface area contributed by atoms with Gasteiger partial charge in [-0.1, -0.05) is 20.8 Å². The molecule has 2 heterocycles. The number of hydrogen-bond donors (Lipinski definition) is 1. The molecule has 0 unspecified atom stereocenters. The zero-order chi connectivity index (χ0) is 11.1. The summed E-state index contributed by atoms with van der Waals surface area (Å²) < 4.78 is 0. The number of carbonyl (C=O) groups is 1. The highest BCUT2D eigenvalue weighted by molar-refractivity contribution is 5.85. The number of aromatic nitrogens is 2. The largest absolute Gasteiger partial charge is 0.351 e. The molecule has 0 aliphatic carbocycles. The first kappa shape index (κ1) is 9.90. The molecule has 0 atom stereocenters. The van der Waals surface area contributed by atoms with Crippen molar-refractivity contribution in [3.05, 3.63) is 29.6 Å². The lowest BCUT2D eigenvalue weighted by atomic mass is 9.91. The predicted molar refractivity (Wildman–Crippen MR) is 60.2 cm³/mol. The number of H-pyrrole nitrogens is 1. The summed E-state index contributed by atoms with van der Waals surface area (Å²) in [4.78, 5) is 18.1. The minimum Gasteiger partial charge on any atom is -0.351 e. The zero-order valence-corrected chi connectivity index (χ0v) is 9.16. The molecule has 0 aliphatic heterocycles. The Kier molecular flexibility index (Phi) is 2.11. The maximum absolute atomic E-state index is 10.6. The van der Waals surface area contributed by atoms with Gasteiger partial charge in [0, 0.05) is 11.1 Å². The summed E-state index contributed by atoms with van der Waals surface area (Å²) in [6, 6.07) is 5.74. The number of pyridine rings is 1. The van der Waals surface area contributed by atoms with Crippen LogP contribution in [0.3, 0.4) is 0 Å². The van der Waals surface area contributed by atoms with Gasteiger partial charge in [-0.2, -0.15) is 0 Å². The van der Waals surface area contributed by atoms with Crippen molar-refractivity contribution >= 4 is 17.3 Å². The molecule has 0 aromatic carbocycles. The van der Waals surface area contributed by atoms with Crippen molar-refractivity contribution in [3.8, 4) is 0 Å². The van der Waals surface area contributed by atoms with Crippen molar-refractivity contribution in [2.75, 3.05) is 0 Å². The molecule has 78 valence electrons. The summed E-state index contributed by atoms with van der Waals surface area (Å²) in [5, 5.41) is 0. The molecule has 3 heteroatoms. The Bertz CT molecular complexity index is 506. The normalized spacial score (nSPS) is 11.9. The summed E-state index contributed by atoms with van der Waals surface area (Å²) in [7, 11) is 0. The molecule has 0 saturated carbocycles. The van der Waals surface area contributed by atoms with E-state index in [4.69, 9.17) is 0 Å². The van der Waals surface area contributed by atoms with Crippen LogP contribution in [0.1, 0.15) is 37.0 Å². The fraction of sp³-hybridized carbons (Fsp3) is 0.333. The summed E-state index contributed by atoms with van der Waals surface area (Å²) in [6.07, 6.45) is 0.804. The Balaban J connectivity index is 2.60. The molecule has 0 aliphatic rings. The molecule has 0 bridgehead atoms. The third kappa shape index (κ3) is 1.77. The van der Waals surface area contributed by atoms with Gasteiger partial charge in [0.25, 0.3) is 0 Å². The van der Waals surface area contributed by atoms with Crippen LogP contribution < -0.4 is 0 Å². The number of nitrogens with one attached hydrogen (secondary N) is 1. The van der Waals surface area contributed by atoms with Crippen LogP contribution in [-0.2, 0) is 5.41 Å². The van der Waals surface area contributed by atoms with Crippen LogP contribution in [0.2, 0.25) is 0 Å². The Morgan fingerprint density at radius 2 is 2.07 bits per heavy atom. The quantitative estimate of drug-likeness (QED) is 0.722. The van der Waals surface area contributed by atoms with Crippen LogP contribution in [0, 0.1) is 0 Å². The number of hydrogen-bond acceptors (Lipinski definition) is 2. The lowest BCUT2D eigenvalue weighted by molar-refractivity contribution is 0.112. The molecular weight excluding hydrogens is 188 g/mol. The molecule has 0 saturated heterocycles. The first-order valence-corrected chi connectivity index (χ1v) is 4.96. The number of carbonyl (C=O) groups excluding carboxylic acids is 1. The second-order valence-corrected chi connectivity index (χ2v) is 4.72. The molecule has 15 heavy (non-hydrogen) atoms. The SMILES string of the molecule is CC(C)(C)c1ccc2[nH]c(C=O)cc2n1. The standard InChI is InChI=1S/C12H14N2O/c1-12(2,3)11-5-4-9-10(14-11)6-8(7-15)13-9/h4-7,13H,1-3H3. The van der Waals surface area contributed by atoms with Crippen molar-refractivity contribution in [2.45, 2.75) is 26.2 Å². The van der Waals surface area contributed by atoms with Crippen LogP contribution >= 0.6 is 0 Å². The smallest absolute Gasteiger partial charge is 0.166 e. The average molecular weight is 202 g/mol. The summed E-state index contributed by atoms with van der Waals surface area (Å²) in [5.74, 6) is 0. The fourth-order valence-corrected chi connectivity index (χ4v) is 1.51. The van der Waals surface area contributed by atoms with E-state index in [1.54, 1.807) is 6.07 Å². The number of aromatic amines is 1. The first-order chi connectivity index (χ1) is 7.00. The summed E-state index contributed by atoms with van der Waals surface area (Å²) in [6.45, 7) is 6.36. The van der Waals surface area contributed by atoms with Gasteiger partial charge in [-0.25, -0.2) is 0 Å². The summed E-state index contributed by atoms with van der Waals surface area (Å²) in [5.41, 5.74) is 3.40. The van der Waals surface area contributed by atoms with Crippen molar-refractivity contribution in [2.24, 2.45) is 0 Å². The van der Waals surface area contributed by atoms with E-state index in [2.05, 4.69) is 30.7 Å². The van der Waals surface area contributed by atoms with E-state index in [9.17, 15) is 4.79 Å². The lowest BCUT2D eigenvalue weighted by Crippen LogP contribution is -2.12. The third-order valence-corrected chi connectivity index (χ3v) is 2.39. The van der Waals surface area contributed by atoms with Crippen LogP contribution in [0.25, 0.3) is 11.0 Å². The van der Waals surface area contributed by atoms with Gasteiger partial charge in [-0.15, -0.1) is 0 Å². The van der Waals surface area contributed by atoms with E-state index in [1.807, 2.05) is 12.1 Å². The van der Waals surface area contributed by atoms with Gasteiger partial charge in [0.2, 0.25) is 0 Å². The molecule has 2 aromatic rings. The Morgan fingerprint density at radius 1 is 1.33 bits per heavy atom. The molecule has 0 amide bonds. The van der Waals surface area contributed by atoms with E-state index in [1.165, 1.54) is 0 Å². The van der Waals surface area contributed by atoms with Crippen molar-refractivity contribution in [1.29, 1.82) is 0 Å². The topological polar surface area (TPSA) is 45.8 Å². The number of aldehydes is 1. The van der Waals surface area contributed by atoms with Crippen molar-refractivity contribution in [3.63, 3.8) is 0 Å². The molecule has 0 fully saturated rings. The van der Waals surface area contributed by atoms with Gasteiger partial charge >= 0.3 is 0 Å². The molecule has 2 rings (SSSR count). The minimum atomic E-state index is 0.0345. The highest BCUT2D eigenvalue weighted by atomic mass is 16.1. The Morgan fingerprint density at radius 3 is 2.67 bits per heavy atom. The van der Waals surface area contributed by atoms with Gasteiger partial charge < -0.3 is 4.98 Å². The van der Waals surface area contributed by atoms with E-state index in [-0.39, 0.29) is 5.41 Å². The maximum Gasteiger partial charge on any atom is 0.166 e. The van der Waals surface area contributed by atoms with Gasteiger partial charge in [0.05, 0.1) is 16.7 Å². The van der Waals surface area contributed by atoms with Crippen molar-refractivity contribution in [1.82, 2.24) is 9.97 Å². The molecule has 1 N–H and O–H groups in total. The Hall–Kier alpha value is -1.64. The number of rotatable bonds is 1. The van der Waals surface area contributed by atoms with Crippen LogP contribution in [0.4, 0.5) is 0 Å². The monoisotopic (exact) mass is 202 g/mol. The second kappa shape index (κ2) is 3.19. The fourth-order valence-electron chi connectivity index (χ4n) is 1.51. The number of nitrogens with zero attached hydrogens (tertiary/aromatic N) is 1. The van der Waals surface area contributed by atoms with E-state index < -0.39 is 0 Å². The minimum absolute atomic E-state index is 0.0345. The van der Waals surface area contributed by atoms with Crippen molar-refractivity contribution < 1.29 is 4.79 Å². The predicted octanol–water partition coefficient (Wildman–Crippen LogP) is 2.67. The van der Waals surface area contributed by atoms with Crippen LogP contribution in [0.15, 0.2) is 18.2 Å². The van der Waals surface area contributed by atoms with Gasteiger partial charge in [0.1, 0.15) is 0 Å². The summed E-state index contributed by atoms with van der Waals surface area (Å²) >= 11 is 0. The second-order valence-electron chi connectivity index (χ2n) is 4.72. The molecule has 0 spiro atoms. The first-order valence-electron chi connectivity index (χ1n) is 4.96.